The lowest BCUT2D eigenvalue weighted by Gasteiger charge is -2.37. The van der Waals surface area contributed by atoms with Crippen LogP contribution in [0.5, 0.6) is 11.5 Å². The Morgan fingerprint density at radius 2 is 1.60 bits per heavy atom. The zero-order valence-corrected chi connectivity index (χ0v) is 25.4. The van der Waals surface area contributed by atoms with Gasteiger partial charge in [0, 0.05) is 37.4 Å². The Balaban J connectivity index is 1.25. The van der Waals surface area contributed by atoms with E-state index in [0.29, 0.717) is 34.8 Å². The molecule has 6 nitrogen and oxygen atoms in total. The second-order valence-corrected chi connectivity index (χ2v) is 11.6. The highest BCUT2D eigenvalue weighted by molar-refractivity contribution is 8.18. The molecule has 0 saturated carbocycles. The summed E-state index contributed by atoms with van der Waals surface area (Å²) in [7, 11) is 1.34. The number of hydrogen-bond acceptors (Lipinski definition) is 6. The first-order valence-electron chi connectivity index (χ1n) is 13.9. The third kappa shape index (κ3) is 7.24. The van der Waals surface area contributed by atoms with Gasteiger partial charge in [0.05, 0.1) is 23.1 Å². The molecule has 0 bridgehead atoms. The summed E-state index contributed by atoms with van der Waals surface area (Å²) in [5.74, 6) is -0.131. The molecular weight excluding hydrogens is 620 g/mol. The largest absolute Gasteiger partial charge is 0.493 e. The van der Waals surface area contributed by atoms with Crippen LogP contribution in [0.4, 0.5) is 32.0 Å². The number of hydrogen-bond donors (Lipinski definition) is 0. The molecule has 2 aliphatic heterocycles. The van der Waals surface area contributed by atoms with Gasteiger partial charge in [-0.25, -0.2) is 0 Å². The van der Waals surface area contributed by atoms with Crippen molar-refractivity contribution >= 4 is 34.6 Å². The number of aryl methyl sites for hydroxylation is 1. The molecule has 0 spiro atoms. The van der Waals surface area contributed by atoms with Gasteiger partial charge in [-0.1, -0.05) is 24.3 Å². The second kappa shape index (κ2) is 12.7. The van der Waals surface area contributed by atoms with E-state index in [1.165, 1.54) is 41.8 Å². The first-order chi connectivity index (χ1) is 21.2. The SMILES string of the molecule is COc1cc(C=C2SC(N3CCN(c4cccc(C)c4C)CC3)=NC2=O)ccc1OCc1ccc(C(F)(F)F)cc1C(F)(F)F. The molecule has 0 atom stereocenters. The van der Waals surface area contributed by atoms with Crippen LogP contribution in [-0.4, -0.2) is 49.3 Å². The summed E-state index contributed by atoms with van der Waals surface area (Å²) >= 11 is 1.26. The Bertz CT molecular complexity index is 1660. The Morgan fingerprint density at radius 3 is 2.27 bits per heavy atom. The molecule has 13 heteroatoms. The fourth-order valence-electron chi connectivity index (χ4n) is 5.09. The van der Waals surface area contributed by atoms with Crippen molar-refractivity contribution in [1.29, 1.82) is 0 Å². The number of ether oxygens (including phenoxy) is 2. The first-order valence-corrected chi connectivity index (χ1v) is 14.7. The molecule has 238 valence electrons. The highest BCUT2D eigenvalue weighted by Gasteiger charge is 2.38. The number of anilines is 1. The predicted octanol–water partition coefficient (Wildman–Crippen LogP) is 7.72. The minimum absolute atomic E-state index is 0.0722. The lowest BCUT2D eigenvalue weighted by Crippen LogP contribution is -2.48. The molecule has 3 aromatic rings. The molecule has 0 aromatic heterocycles. The minimum Gasteiger partial charge on any atom is -0.493 e. The summed E-state index contributed by atoms with van der Waals surface area (Å²) in [6, 6.07) is 12.3. The van der Waals surface area contributed by atoms with Gasteiger partial charge in [-0.2, -0.15) is 31.3 Å². The van der Waals surface area contributed by atoms with Crippen molar-refractivity contribution in [1.82, 2.24) is 4.90 Å². The predicted molar refractivity (Wildman–Crippen MR) is 161 cm³/mol. The van der Waals surface area contributed by atoms with E-state index >= 15 is 0 Å². The molecule has 2 heterocycles. The molecule has 1 fully saturated rings. The summed E-state index contributed by atoms with van der Waals surface area (Å²) in [4.78, 5) is 21.8. The van der Waals surface area contributed by atoms with Gasteiger partial charge < -0.3 is 19.3 Å². The number of carbonyl (C=O) groups excluding carboxylic acids is 1. The van der Waals surface area contributed by atoms with Crippen molar-refractivity contribution in [3.63, 3.8) is 0 Å². The van der Waals surface area contributed by atoms with Gasteiger partial charge in [0.2, 0.25) is 0 Å². The van der Waals surface area contributed by atoms with Gasteiger partial charge in [-0.3, -0.25) is 4.79 Å². The van der Waals surface area contributed by atoms with Crippen molar-refractivity contribution in [3.05, 3.63) is 92.9 Å². The molecule has 3 aromatic carbocycles. The number of amidine groups is 1. The fraction of sp³-hybridized carbons (Fsp3) is 0.312. The van der Waals surface area contributed by atoms with Crippen molar-refractivity contribution in [2.75, 3.05) is 38.2 Å². The number of piperazine rings is 1. The quantitative estimate of drug-likeness (QED) is 0.201. The number of carbonyl (C=O) groups is 1. The Morgan fingerprint density at radius 1 is 0.889 bits per heavy atom. The van der Waals surface area contributed by atoms with Crippen LogP contribution in [0.3, 0.4) is 0 Å². The molecule has 45 heavy (non-hydrogen) atoms. The van der Waals surface area contributed by atoms with Crippen LogP contribution in [-0.2, 0) is 23.8 Å². The zero-order valence-electron chi connectivity index (χ0n) is 24.6. The van der Waals surface area contributed by atoms with E-state index in [4.69, 9.17) is 9.47 Å². The highest BCUT2D eigenvalue weighted by atomic mass is 32.2. The topological polar surface area (TPSA) is 54.4 Å². The Kier molecular flexibility index (Phi) is 9.11. The maximum Gasteiger partial charge on any atom is 0.416 e. The normalized spacial score (nSPS) is 16.8. The van der Waals surface area contributed by atoms with Crippen molar-refractivity contribution in [3.8, 4) is 11.5 Å². The lowest BCUT2D eigenvalue weighted by molar-refractivity contribution is -0.143. The molecule has 0 N–H and O–H groups in total. The van der Waals surface area contributed by atoms with E-state index in [2.05, 4.69) is 40.8 Å². The number of aliphatic imine (C=N–C) groups is 1. The van der Waals surface area contributed by atoms with E-state index in [1.807, 2.05) is 6.07 Å². The third-order valence-electron chi connectivity index (χ3n) is 7.69. The number of benzene rings is 3. The van der Waals surface area contributed by atoms with Crippen molar-refractivity contribution in [2.45, 2.75) is 32.8 Å². The van der Waals surface area contributed by atoms with E-state index in [9.17, 15) is 31.1 Å². The zero-order chi connectivity index (χ0) is 32.5. The lowest BCUT2D eigenvalue weighted by atomic mass is 10.0. The van der Waals surface area contributed by atoms with Crippen LogP contribution < -0.4 is 14.4 Å². The Labute approximate surface area is 260 Å². The summed E-state index contributed by atoms with van der Waals surface area (Å²) in [6.07, 6.45) is -8.30. The van der Waals surface area contributed by atoms with Gasteiger partial charge in [-0.15, -0.1) is 0 Å². The maximum absolute atomic E-state index is 13.5. The number of rotatable bonds is 6. The molecule has 1 amide bonds. The molecule has 2 aliphatic rings. The standard InChI is InChI=1S/C32H29F6N3O3S/c1-19-5-4-6-25(20(19)2)40-11-13-41(14-12-40)30-39-29(42)28(45-30)16-21-7-10-26(27(15-21)43-3)44-18-22-8-9-23(31(33,34)35)17-24(22)32(36,37)38/h4-10,15-17H,11-14,18H2,1-3H3. The monoisotopic (exact) mass is 649 g/mol. The van der Waals surface area contributed by atoms with Crippen molar-refractivity contribution in [2.24, 2.45) is 4.99 Å². The summed E-state index contributed by atoms with van der Waals surface area (Å²) in [5, 5.41) is 0.621. The van der Waals surface area contributed by atoms with E-state index < -0.39 is 35.6 Å². The Hall–Kier alpha value is -4.13. The van der Waals surface area contributed by atoms with Crippen LogP contribution in [0.15, 0.2) is 64.5 Å². The summed E-state index contributed by atoms with van der Waals surface area (Å²) in [5.41, 5.74) is 0.951. The first kappa shape index (κ1) is 32.3. The van der Waals surface area contributed by atoms with Gasteiger partial charge in [0.1, 0.15) is 6.61 Å². The van der Waals surface area contributed by atoms with Crippen LogP contribution in [0, 0.1) is 13.8 Å². The molecule has 0 aliphatic carbocycles. The van der Waals surface area contributed by atoms with Crippen LogP contribution in [0.1, 0.15) is 33.4 Å². The second-order valence-electron chi connectivity index (χ2n) is 10.6. The summed E-state index contributed by atoms with van der Waals surface area (Å²) < 4.78 is 90.5. The minimum atomic E-state index is -5.01. The van der Waals surface area contributed by atoms with Crippen LogP contribution in [0.25, 0.3) is 6.08 Å². The van der Waals surface area contributed by atoms with Gasteiger partial charge in [0.25, 0.3) is 5.91 Å². The van der Waals surface area contributed by atoms with Gasteiger partial charge in [0.15, 0.2) is 16.7 Å². The fourth-order valence-corrected chi connectivity index (χ4v) is 6.06. The third-order valence-corrected chi connectivity index (χ3v) is 8.73. The molecule has 0 radical (unpaired) electrons. The van der Waals surface area contributed by atoms with Crippen LogP contribution in [0.2, 0.25) is 0 Å². The molecule has 5 rings (SSSR count). The average molecular weight is 650 g/mol. The van der Waals surface area contributed by atoms with E-state index in [1.54, 1.807) is 18.2 Å². The number of nitrogens with zero attached hydrogens (tertiary/aromatic N) is 3. The number of alkyl halides is 6. The number of halogens is 6. The van der Waals surface area contributed by atoms with E-state index in [-0.39, 0.29) is 23.5 Å². The molecule has 1 saturated heterocycles. The highest BCUT2D eigenvalue weighted by Crippen LogP contribution is 2.39. The van der Waals surface area contributed by atoms with Crippen molar-refractivity contribution < 1.29 is 40.6 Å². The maximum atomic E-state index is 13.5. The average Bonchev–Trinajstić information content (AvgIpc) is 3.36. The molecular formula is C32H29F6N3O3S. The molecule has 0 unspecified atom stereocenters. The van der Waals surface area contributed by atoms with Crippen LogP contribution >= 0.6 is 11.8 Å². The smallest absolute Gasteiger partial charge is 0.416 e. The number of methoxy groups -OCH3 is 1. The summed E-state index contributed by atoms with van der Waals surface area (Å²) in [6.45, 7) is 6.53. The van der Waals surface area contributed by atoms with Gasteiger partial charge >= 0.3 is 12.4 Å². The van der Waals surface area contributed by atoms with E-state index in [0.717, 1.165) is 19.2 Å². The number of thioether (sulfide) groups is 1. The van der Waals surface area contributed by atoms with Gasteiger partial charge in [-0.05, 0) is 78.7 Å². The number of amides is 1.